The van der Waals surface area contributed by atoms with Crippen molar-refractivity contribution < 1.29 is 17.9 Å². The second kappa shape index (κ2) is 6.39. The largest absolute Gasteiger partial charge is 0.497 e. The van der Waals surface area contributed by atoms with Crippen molar-refractivity contribution in [1.29, 1.82) is 0 Å². The molecule has 1 aromatic heterocycles. The maximum Gasteiger partial charge on any atom is 0.418 e. The third kappa shape index (κ3) is 3.69. The van der Waals surface area contributed by atoms with Crippen LogP contribution in [0.15, 0.2) is 35.7 Å². The molecule has 0 bridgehead atoms. The molecule has 0 aliphatic rings. The van der Waals surface area contributed by atoms with Gasteiger partial charge in [-0.3, -0.25) is 0 Å². The lowest BCUT2D eigenvalue weighted by molar-refractivity contribution is -0.137. The van der Waals surface area contributed by atoms with Crippen LogP contribution < -0.4 is 10.1 Å². The van der Waals surface area contributed by atoms with E-state index in [1.54, 1.807) is 0 Å². The van der Waals surface area contributed by atoms with Crippen LogP contribution in [0.3, 0.4) is 0 Å². The molecule has 114 valence electrons. The van der Waals surface area contributed by atoms with Gasteiger partial charge in [0.1, 0.15) is 5.75 Å². The van der Waals surface area contributed by atoms with Crippen LogP contribution >= 0.6 is 11.3 Å². The normalized spacial score (nSPS) is 13.0. The topological polar surface area (TPSA) is 21.3 Å². The first kappa shape index (κ1) is 15.7. The second-order valence-electron chi connectivity index (χ2n) is 4.53. The van der Waals surface area contributed by atoms with Gasteiger partial charge >= 0.3 is 6.18 Å². The number of methoxy groups -OCH3 is 1. The Hall–Kier alpha value is -1.69. The maximum atomic E-state index is 13.2. The van der Waals surface area contributed by atoms with E-state index in [1.807, 2.05) is 24.4 Å². The van der Waals surface area contributed by atoms with Gasteiger partial charge in [-0.05, 0) is 36.1 Å². The third-order valence-corrected chi connectivity index (χ3v) is 4.14. The molecular formula is C15H16F3NOS. The van der Waals surface area contributed by atoms with E-state index >= 15 is 0 Å². The minimum atomic E-state index is -4.43. The molecule has 0 saturated heterocycles. The maximum absolute atomic E-state index is 13.2. The van der Waals surface area contributed by atoms with Gasteiger partial charge in [-0.2, -0.15) is 13.2 Å². The number of hydrogen-bond donors (Lipinski definition) is 1. The number of thiophene rings is 1. The molecule has 0 aliphatic carbocycles. The van der Waals surface area contributed by atoms with Crippen molar-refractivity contribution in [3.8, 4) is 5.75 Å². The lowest BCUT2D eigenvalue weighted by Gasteiger charge is -2.21. The van der Waals surface area contributed by atoms with Crippen LogP contribution in [0.4, 0.5) is 18.9 Å². The zero-order valence-corrected chi connectivity index (χ0v) is 12.5. The second-order valence-corrected chi connectivity index (χ2v) is 5.51. The van der Waals surface area contributed by atoms with Gasteiger partial charge in [-0.15, -0.1) is 11.3 Å². The van der Waals surface area contributed by atoms with Crippen molar-refractivity contribution in [2.45, 2.75) is 25.6 Å². The van der Waals surface area contributed by atoms with Crippen LogP contribution in [0, 0.1) is 0 Å². The Bertz CT molecular complexity index is 581. The van der Waals surface area contributed by atoms with Gasteiger partial charge in [0, 0.05) is 10.6 Å². The van der Waals surface area contributed by atoms with E-state index < -0.39 is 11.7 Å². The molecule has 1 aromatic carbocycles. The summed E-state index contributed by atoms with van der Waals surface area (Å²) >= 11 is 1.53. The van der Waals surface area contributed by atoms with E-state index in [2.05, 4.69) is 5.32 Å². The number of benzene rings is 1. The fourth-order valence-corrected chi connectivity index (χ4v) is 2.92. The summed E-state index contributed by atoms with van der Waals surface area (Å²) in [7, 11) is 1.35. The Labute approximate surface area is 125 Å². The lowest BCUT2D eigenvalue weighted by atomic mass is 10.1. The smallest absolute Gasteiger partial charge is 0.418 e. The summed E-state index contributed by atoms with van der Waals surface area (Å²) in [6.45, 7) is 1.94. The summed E-state index contributed by atoms with van der Waals surface area (Å²) in [4.78, 5) is 1.02. The molecule has 21 heavy (non-hydrogen) atoms. The van der Waals surface area contributed by atoms with Crippen LogP contribution in [0.25, 0.3) is 0 Å². The highest BCUT2D eigenvalue weighted by molar-refractivity contribution is 7.10. The van der Waals surface area contributed by atoms with Crippen LogP contribution in [0.5, 0.6) is 5.75 Å². The van der Waals surface area contributed by atoms with Crippen LogP contribution in [-0.2, 0) is 6.18 Å². The zero-order chi connectivity index (χ0) is 15.5. The van der Waals surface area contributed by atoms with E-state index in [4.69, 9.17) is 4.74 Å². The van der Waals surface area contributed by atoms with Crippen molar-refractivity contribution in [3.63, 3.8) is 0 Å². The predicted molar refractivity (Wildman–Crippen MR) is 79.0 cm³/mol. The van der Waals surface area contributed by atoms with Crippen LogP contribution in [0.2, 0.25) is 0 Å². The molecule has 2 aromatic rings. The predicted octanol–water partition coefficient (Wildman–Crippen LogP) is 5.34. The van der Waals surface area contributed by atoms with Gasteiger partial charge in [0.2, 0.25) is 0 Å². The molecular weight excluding hydrogens is 299 g/mol. The van der Waals surface area contributed by atoms with Crippen molar-refractivity contribution in [1.82, 2.24) is 0 Å². The number of nitrogens with one attached hydrogen (secondary N) is 1. The highest BCUT2D eigenvalue weighted by atomic mass is 32.1. The molecule has 0 spiro atoms. The molecule has 1 N–H and O–H groups in total. The van der Waals surface area contributed by atoms with Crippen LogP contribution in [-0.4, -0.2) is 7.11 Å². The van der Waals surface area contributed by atoms with Crippen molar-refractivity contribution in [3.05, 3.63) is 46.2 Å². The Morgan fingerprint density at radius 1 is 1.29 bits per heavy atom. The molecule has 0 aliphatic heterocycles. The van der Waals surface area contributed by atoms with E-state index in [0.717, 1.165) is 10.9 Å². The molecule has 0 saturated carbocycles. The number of rotatable bonds is 5. The van der Waals surface area contributed by atoms with Gasteiger partial charge in [0.05, 0.1) is 18.7 Å². The van der Waals surface area contributed by atoms with E-state index in [1.165, 1.54) is 30.6 Å². The molecule has 1 heterocycles. The summed E-state index contributed by atoms with van der Waals surface area (Å²) < 4.78 is 44.4. The Morgan fingerprint density at radius 3 is 2.57 bits per heavy atom. The summed E-state index contributed by atoms with van der Waals surface area (Å²) in [6, 6.07) is 7.63. The van der Waals surface area contributed by atoms with E-state index in [9.17, 15) is 13.2 Å². The summed E-state index contributed by atoms with van der Waals surface area (Å²) in [5, 5.41) is 4.91. The fourth-order valence-electron chi connectivity index (χ4n) is 2.06. The summed E-state index contributed by atoms with van der Waals surface area (Å²) in [5.74, 6) is 0.192. The molecule has 0 amide bonds. The average Bonchev–Trinajstić information content (AvgIpc) is 2.97. The number of hydrogen-bond acceptors (Lipinski definition) is 3. The summed E-state index contributed by atoms with van der Waals surface area (Å²) in [6.07, 6.45) is -3.73. The number of ether oxygens (including phenoxy) is 1. The monoisotopic (exact) mass is 315 g/mol. The molecule has 1 unspecified atom stereocenters. The fraction of sp³-hybridized carbons (Fsp3) is 0.333. The molecule has 2 rings (SSSR count). The van der Waals surface area contributed by atoms with Crippen molar-refractivity contribution >= 4 is 17.0 Å². The first-order valence-electron chi connectivity index (χ1n) is 6.51. The highest BCUT2D eigenvalue weighted by Crippen LogP contribution is 2.39. The van der Waals surface area contributed by atoms with Crippen LogP contribution in [0.1, 0.15) is 29.8 Å². The van der Waals surface area contributed by atoms with E-state index in [-0.39, 0.29) is 17.5 Å². The summed E-state index contributed by atoms with van der Waals surface area (Å²) in [5.41, 5.74) is -0.639. The molecule has 0 radical (unpaired) electrons. The number of alkyl halides is 3. The Morgan fingerprint density at radius 2 is 2.05 bits per heavy atom. The molecule has 2 nitrogen and oxygen atoms in total. The van der Waals surface area contributed by atoms with Crippen molar-refractivity contribution in [2.75, 3.05) is 12.4 Å². The van der Waals surface area contributed by atoms with Gasteiger partial charge < -0.3 is 10.1 Å². The molecule has 0 fully saturated rings. The van der Waals surface area contributed by atoms with Gasteiger partial charge in [0.15, 0.2) is 0 Å². The van der Waals surface area contributed by atoms with Gasteiger partial charge in [0.25, 0.3) is 0 Å². The average molecular weight is 315 g/mol. The van der Waals surface area contributed by atoms with Gasteiger partial charge in [-0.25, -0.2) is 0 Å². The first-order valence-corrected chi connectivity index (χ1v) is 7.38. The third-order valence-electron chi connectivity index (χ3n) is 3.16. The highest BCUT2D eigenvalue weighted by Gasteiger charge is 2.34. The van der Waals surface area contributed by atoms with Gasteiger partial charge in [-0.1, -0.05) is 13.0 Å². The Balaban J connectivity index is 2.34. The number of halogens is 3. The van der Waals surface area contributed by atoms with E-state index in [0.29, 0.717) is 6.42 Å². The van der Waals surface area contributed by atoms with Crippen molar-refractivity contribution in [2.24, 2.45) is 0 Å². The lowest BCUT2D eigenvalue weighted by Crippen LogP contribution is -2.14. The first-order chi connectivity index (χ1) is 9.95. The standard InChI is InChI=1S/C15H16F3NOS/c1-3-12(14-5-4-8-21-14)19-13-7-6-10(20-2)9-11(13)15(16,17)18/h4-9,12,19H,3H2,1-2H3. The molecule has 1 atom stereocenters. The number of anilines is 1. The minimum absolute atomic E-state index is 0.0727. The Kier molecular flexibility index (Phi) is 4.77. The zero-order valence-electron chi connectivity index (χ0n) is 11.7. The SMILES string of the molecule is CCC(Nc1ccc(OC)cc1C(F)(F)F)c1cccs1. The quantitative estimate of drug-likeness (QED) is 0.804. The molecule has 6 heteroatoms. The minimum Gasteiger partial charge on any atom is -0.497 e.